The standard InChI is InChI=1S/C51H31N3O/c1-3-12-32(13-4-1)34-16-11-17-37(28-34)50-52-49(33-14-5-2-6-15-33)53-51(54-50)38-23-26-44-46-30-36(24-27-47(46)55-48(44)31-38)35-22-25-43-41-20-8-7-18-39(41)40-19-9-10-21-42(40)45(43)29-35/h1-31H/i1D,3D,4D,12D,13D. The molecule has 256 valence electrons. The maximum atomic E-state index is 8.56. The summed E-state index contributed by atoms with van der Waals surface area (Å²) in [6.07, 6.45) is 0. The predicted molar refractivity (Wildman–Crippen MR) is 227 cm³/mol. The molecule has 2 heterocycles. The summed E-state index contributed by atoms with van der Waals surface area (Å²) in [7, 11) is 0. The van der Waals surface area contributed by atoms with Crippen LogP contribution in [0, 0.1) is 0 Å². The Hall–Kier alpha value is -7.43. The number of fused-ring (bicyclic) bond motifs is 9. The summed E-state index contributed by atoms with van der Waals surface area (Å²) in [5.41, 5.74) is 6.40. The lowest BCUT2D eigenvalue weighted by atomic mass is 9.92. The van der Waals surface area contributed by atoms with Crippen LogP contribution in [0.3, 0.4) is 0 Å². The van der Waals surface area contributed by atoms with Crippen LogP contribution >= 0.6 is 0 Å². The molecule has 0 aliphatic heterocycles. The number of rotatable bonds is 5. The molecule has 0 unspecified atom stereocenters. The van der Waals surface area contributed by atoms with E-state index in [9.17, 15) is 0 Å². The summed E-state index contributed by atoms with van der Waals surface area (Å²) < 4.78 is 48.1. The minimum Gasteiger partial charge on any atom is -0.456 e. The zero-order valence-electron chi connectivity index (χ0n) is 34.3. The van der Waals surface area contributed by atoms with Crippen molar-refractivity contribution in [2.75, 3.05) is 0 Å². The normalized spacial score (nSPS) is 12.9. The van der Waals surface area contributed by atoms with E-state index in [1.54, 1.807) is 18.2 Å². The number of furan rings is 1. The topological polar surface area (TPSA) is 51.8 Å². The number of benzene rings is 9. The van der Waals surface area contributed by atoms with Gasteiger partial charge >= 0.3 is 0 Å². The van der Waals surface area contributed by atoms with Gasteiger partial charge in [0.15, 0.2) is 17.5 Å². The van der Waals surface area contributed by atoms with Crippen molar-refractivity contribution in [3.63, 3.8) is 0 Å². The first kappa shape index (κ1) is 26.4. The molecule has 0 saturated heterocycles. The van der Waals surface area contributed by atoms with Crippen LogP contribution in [0.5, 0.6) is 0 Å². The van der Waals surface area contributed by atoms with Crippen LogP contribution in [0.15, 0.2) is 192 Å². The molecule has 0 fully saturated rings. The Bertz CT molecular complexity index is 3500. The molecule has 0 N–H and O–H groups in total. The van der Waals surface area contributed by atoms with Gasteiger partial charge in [0.1, 0.15) is 11.2 Å². The van der Waals surface area contributed by atoms with E-state index in [2.05, 4.69) is 78.9 Å². The highest BCUT2D eigenvalue weighted by atomic mass is 16.3. The van der Waals surface area contributed by atoms with Crippen LogP contribution in [0.4, 0.5) is 0 Å². The molecule has 4 nitrogen and oxygen atoms in total. The van der Waals surface area contributed by atoms with Gasteiger partial charge in [0.05, 0.1) is 6.85 Å². The second-order valence-electron chi connectivity index (χ2n) is 13.6. The maximum Gasteiger partial charge on any atom is 0.164 e. The molecule has 0 spiro atoms. The Balaban J connectivity index is 1.02. The Morgan fingerprint density at radius 1 is 0.309 bits per heavy atom. The Morgan fingerprint density at radius 3 is 1.51 bits per heavy atom. The first-order chi connectivity index (χ1) is 29.3. The summed E-state index contributed by atoms with van der Waals surface area (Å²) in [5.74, 6) is 1.28. The van der Waals surface area contributed by atoms with Gasteiger partial charge < -0.3 is 4.42 Å². The largest absolute Gasteiger partial charge is 0.456 e. The van der Waals surface area contributed by atoms with Crippen molar-refractivity contribution >= 4 is 54.3 Å². The fourth-order valence-electron chi connectivity index (χ4n) is 7.74. The van der Waals surface area contributed by atoms with Crippen LogP contribution in [0.2, 0.25) is 0 Å². The molecule has 0 aliphatic rings. The van der Waals surface area contributed by atoms with Gasteiger partial charge in [-0.15, -0.1) is 0 Å². The third-order valence-corrected chi connectivity index (χ3v) is 10.4. The van der Waals surface area contributed by atoms with E-state index < -0.39 is 18.1 Å². The molecule has 0 bridgehead atoms. The molecule has 0 aliphatic carbocycles. The van der Waals surface area contributed by atoms with Crippen LogP contribution < -0.4 is 0 Å². The molecule has 0 atom stereocenters. The van der Waals surface area contributed by atoms with Crippen molar-refractivity contribution in [3.8, 4) is 56.4 Å². The van der Waals surface area contributed by atoms with Crippen molar-refractivity contribution in [2.24, 2.45) is 0 Å². The van der Waals surface area contributed by atoms with Gasteiger partial charge in [-0.1, -0.05) is 152 Å². The van der Waals surface area contributed by atoms with E-state index in [0.717, 1.165) is 38.6 Å². The van der Waals surface area contributed by atoms with E-state index >= 15 is 0 Å². The maximum absolute atomic E-state index is 8.56. The number of nitrogens with zero attached hydrogens (tertiary/aromatic N) is 3. The Kier molecular flexibility index (Phi) is 6.04. The molecule has 11 rings (SSSR count). The van der Waals surface area contributed by atoms with E-state index in [-0.39, 0.29) is 17.6 Å². The van der Waals surface area contributed by atoms with Crippen molar-refractivity contribution in [1.82, 2.24) is 15.0 Å². The van der Waals surface area contributed by atoms with Crippen LogP contribution in [0.25, 0.3) is 111 Å². The van der Waals surface area contributed by atoms with Crippen molar-refractivity contribution in [2.45, 2.75) is 0 Å². The highest BCUT2D eigenvalue weighted by molar-refractivity contribution is 6.25. The quantitative estimate of drug-likeness (QED) is 0.167. The minimum absolute atomic E-state index is 0.113. The molecule has 9 aromatic carbocycles. The minimum atomic E-state index is -0.436. The van der Waals surface area contributed by atoms with Crippen molar-refractivity contribution in [1.29, 1.82) is 0 Å². The van der Waals surface area contributed by atoms with Gasteiger partial charge in [0.2, 0.25) is 0 Å². The summed E-state index contributed by atoms with van der Waals surface area (Å²) in [6, 6.07) is 51.3. The summed E-state index contributed by atoms with van der Waals surface area (Å²) in [6.45, 7) is 0. The lowest BCUT2D eigenvalue weighted by Crippen LogP contribution is -2.00. The monoisotopic (exact) mass is 706 g/mol. The van der Waals surface area contributed by atoms with E-state index in [0.29, 0.717) is 34.2 Å². The first-order valence-corrected chi connectivity index (χ1v) is 18.1. The van der Waals surface area contributed by atoms with E-state index in [1.807, 2.05) is 60.7 Å². The fourth-order valence-corrected chi connectivity index (χ4v) is 7.74. The molecule has 0 amide bonds. The van der Waals surface area contributed by atoms with Gasteiger partial charge in [0.25, 0.3) is 0 Å². The van der Waals surface area contributed by atoms with Gasteiger partial charge in [-0.05, 0) is 91.0 Å². The molecule has 4 heteroatoms. The van der Waals surface area contributed by atoms with Crippen LogP contribution in [-0.4, -0.2) is 15.0 Å². The van der Waals surface area contributed by atoms with E-state index in [1.165, 1.54) is 32.3 Å². The highest BCUT2D eigenvalue weighted by Gasteiger charge is 2.16. The number of hydrogen-bond acceptors (Lipinski definition) is 4. The average molecular weight is 707 g/mol. The van der Waals surface area contributed by atoms with Gasteiger partial charge in [0, 0.05) is 27.5 Å². The third-order valence-electron chi connectivity index (χ3n) is 10.4. The molecule has 0 radical (unpaired) electrons. The lowest BCUT2D eigenvalue weighted by Gasteiger charge is -2.12. The van der Waals surface area contributed by atoms with Crippen molar-refractivity contribution in [3.05, 3.63) is 188 Å². The zero-order valence-corrected chi connectivity index (χ0v) is 29.3. The molecule has 11 aromatic rings. The SMILES string of the molecule is [2H]c1c([2H])c([2H])c(-c2cccc(-c3nc(-c4ccccc4)nc(-c4ccc5c(c4)oc4ccc(-c6ccc7c8ccccc8c8ccccc8c7c6)cc45)n3)c2)c([2H])c1[2H]. The summed E-state index contributed by atoms with van der Waals surface area (Å²) >= 11 is 0. The summed E-state index contributed by atoms with van der Waals surface area (Å²) in [5, 5.41) is 9.39. The van der Waals surface area contributed by atoms with Crippen LogP contribution in [-0.2, 0) is 0 Å². The molecule has 55 heavy (non-hydrogen) atoms. The first-order valence-electron chi connectivity index (χ1n) is 20.6. The lowest BCUT2D eigenvalue weighted by molar-refractivity contribution is 0.669. The molecule has 0 saturated carbocycles. The van der Waals surface area contributed by atoms with Gasteiger partial charge in [-0.25, -0.2) is 15.0 Å². The third kappa shape index (κ3) is 5.34. The second kappa shape index (κ2) is 12.6. The molecular weight excluding hydrogens is 671 g/mol. The van der Waals surface area contributed by atoms with Crippen LogP contribution in [0.1, 0.15) is 6.85 Å². The average Bonchev–Trinajstić information content (AvgIpc) is 3.68. The molecule has 2 aromatic heterocycles. The fraction of sp³-hybridized carbons (Fsp3) is 0. The Labute approximate surface area is 324 Å². The highest BCUT2D eigenvalue weighted by Crippen LogP contribution is 2.39. The second-order valence-corrected chi connectivity index (χ2v) is 13.6. The van der Waals surface area contributed by atoms with Gasteiger partial charge in [-0.3, -0.25) is 0 Å². The molecular formula is C51H31N3O. The number of aromatic nitrogens is 3. The summed E-state index contributed by atoms with van der Waals surface area (Å²) in [4.78, 5) is 14.7. The van der Waals surface area contributed by atoms with Gasteiger partial charge in [-0.2, -0.15) is 0 Å². The zero-order chi connectivity index (χ0) is 40.6. The number of hydrogen-bond donors (Lipinski definition) is 0. The Morgan fingerprint density at radius 2 is 0.800 bits per heavy atom. The predicted octanol–water partition coefficient (Wildman–Crippen LogP) is 13.6. The smallest absolute Gasteiger partial charge is 0.164 e. The van der Waals surface area contributed by atoms with E-state index in [4.69, 9.17) is 26.2 Å². The van der Waals surface area contributed by atoms with Crippen molar-refractivity contribution < 1.29 is 11.3 Å².